The van der Waals surface area contributed by atoms with Gasteiger partial charge in [0.25, 0.3) is 0 Å². The van der Waals surface area contributed by atoms with Gasteiger partial charge < -0.3 is 89.9 Å². The van der Waals surface area contributed by atoms with E-state index in [1.165, 1.54) is 135 Å². The standard InChI is InChI=1S/C55H105NO18/c1-3-5-7-9-10-11-12-13-14-15-16-17-18-19-20-21-22-23-24-25-26-27-28-29-30-32-39(60)38(56-43(61)33-31-8-6-4-2)37-69-53-49(67)46(64)51(41(35-58)71-53)74-55-50(68)47(65)52(42(36-59)72-55)73-54-48(66)45(63)44(62)40(34-57)70-54/h38-42,44-55,57-60,62-68H,3-37H2,1-2H3,(H,56,61). The molecule has 19 heteroatoms. The molecule has 3 aliphatic heterocycles. The molecule has 19 nitrogen and oxygen atoms in total. The van der Waals surface area contributed by atoms with Crippen LogP contribution in [0.3, 0.4) is 0 Å². The molecule has 17 unspecified atom stereocenters. The van der Waals surface area contributed by atoms with Crippen LogP contribution in [0.25, 0.3) is 0 Å². The maximum atomic E-state index is 13.0. The van der Waals surface area contributed by atoms with E-state index in [-0.39, 0.29) is 18.9 Å². The molecular weight excluding hydrogens is 963 g/mol. The van der Waals surface area contributed by atoms with Crippen LogP contribution in [0.2, 0.25) is 0 Å². The molecule has 1 amide bonds. The summed E-state index contributed by atoms with van der Waals surface area (Å²) in [7, 11) is 0. The van der Waals surface area contributed by atoms with Crippen molar-refractivity contribution < 1.29 is 89.4 Å². The van der Waals surface area contributed by atoms with Crippen LogP contribution in [-0.4, -0.2) is 193 Å². The van der Waals surface area contributed by atoms with Gasteiger partial charge in [0.2, 0.25) is 5.91 Å². The molecule has 0 aromatic rings. The first kappa shape index (κ1) is 67.1. The van der Waals surface area contributed by atoms with Gasteiger partial charge in [0.15, 0.2) is 18.9 Å². The Morgan fingerprint density at radius 3 is 1.18 bits per heavy atom. The number of nitrogens with one attached hydrogen (secondary N) is 1. The normalized spacial score (nSPS) is 31.4. The topological polar surface area (TPSA) is 307 Å². The highest BCUT2D eigenvalue weighted by molar-refractivity contribution is 5.76. The molecular formula is C55H105NO18. The number of ether oxygens (including phenoxy) is 6. The van der Waals surface area contributed by atoms with E-state index < -0.39 is 124 Å². The predicted molar refractivity (Wildman–Crippen MR) is 277 cm³/mol. The van der Waals surface area contributed by atoms with E-state index in [4.69, 9.17) is 28.4 Å². The number of amides is 1. The zero-order chi connectivity index (χ0) is 54.1. The molecule has 12 N–H and O–H groups in total. The molecule has 3 rings (SSSR count). The largest absolute Gasteiger partial charge is 0.394 e. The number of rotatable bonds is 43. The molecule has 0 bridgehead atoms. The molecule has 0 saturated carbocycles. The van der Waals surface area contributed by atoms with Crippen LogP contribution < -0.4 is 5.32 Å². The lowest BCUT2D eigenvalue weighted by Crippen LogP contribution is -2.66. The van der Waals surface area contributed by atoms with Gasteiger partial charge in [-0.05, 0) is 12.8 Å². The van der Waals surface area contributed by atoms with Gasteiger partial charge in [0.05, 0.1) is 38.6 Å². The Kier molecular flexibility index (Phi) is 36.3. The van der Waals surface area contributed by atoms with E-state index in [1.54, 1.807) is 0 Å². The predicted octanol–water partition coefficient (Wildman–Crippen LogP) is 4.43. The van der Waals surface area contributed by atoms with Crippen LogP contribution in [0, 0.1) is 0 Å². The molecule has 0 aromatic carbocycles. The SMILES string of the molecule is CCCCCCCCCCCCCCCCCCCCCCCCCCCC(O)C(COC1OC(CO)C(OC2OC(CO)C(OC3OC(CO)C(O)C(O)C3O)C(O)C2O)C(O)C1O)NC(=O)CCCCCC. The van der Waals surface area contributed by atoms with Gasteiger partial charge in [-0.1, -0.05) is 194 Å². The van der Waals surface area contributed by atoms with Crippen molar-refractivity contribution in [1.29, 1.82) is 0 Å². The highest BCUT2D eigenvalue weighted by Crippen LogP contribution is 2.33. The number of unbranched alkanes of at least 4 members (excludes halogenated alkanes) is 27. The Morgan fingerprint density at radius 1 is 0.432 bits per heavy atom. The highest BCUT2D eigenvalue weighted by Gasteiger charge is 2.53. The summed E-state index contributed by atoms with van der Waals surface area (Å²) in [6.45, 7) is 1.66. The van der Waals surface area contributed by atoms with Gasteiger partial charge in [0, 0.05) is 6.42 Å². The smallest absolute Gasteiger partial charge is 0.220 e. The van der Waals surface area contributed by atoms with Crippen molar-refractivity contribution in [3.8, 4) is 0 Å². The van der Waals surface area contributed by atoms with Crippen molar-refractivity contribution >= 4 is 5.91 Å². The van der Waals surface area contributed by atoms with E-state index in [2.05, 4.69) is 19.2 Å². The Morgan fingerprint density at radius 2 is 0.770 bits per heavy atom. The van der Waals surface area contributed by atoms with Crippen molar-refractivity contribution in [3.63, 3.8) is 0 Å². The lowest BCUT2D eigenvalue weighted by molar-refractivity contribution is -0.379. The molecule has 0 spiro atoms. The van der Waals surface area contributed by atoms with Crippen LogP contribution >= 0.6 is 0 Å². The molecule has 3 fully saturated rings. The maximum Gasteiger partial charge on any atom is 0.220 e. The molecule has 3 heterocycles. The van der Waals surface area contributed by atoms with Gasteiger partial charge in [0.1, 0.15) is 73.2 Å². The Balaban J connectivity index is 1.37. The van der Waals surface area contributed by atoms with Crippen molar-refractivity contribution in [2.24, 2.45) is 0 Å². The van der Waals surface area contributed by atoms with E-state index in [1.807, 2.05) is 0 Å². The van der Waals surface area contributed by atoms with Crippen molar-refractivity contribution in [2.45, 2.75) is 317 Å². The van der Waals surface area contributed by atoms with Gasteiger partial charge in [-0.15, -0.1) is 0 Å². The van der Waals surface area contributed by atoms with E-state index in [0.29, 0.717) is 12.8 Å². The number of aliphatic hydroxyl groups excluding tert-OH is 11. The number of carbonyl (C=O) groups excluding carboxylic acids is 1. The Labute approximate surface area is 443 Å². The fourth-order valence-corrected chi connectivity index (χ4v) is 10.3. The summed E-state index contributed by atoms with van der Waals surface area (Å²) >= 11 is 0. The first-order valence-corrected chi connectivity index (χ1v) is 29.3. The summed E-state index contributed by atoms with van der Waals surface area (Å²) in [5.74, 6) is -0.259. The van der Waals surface area contributed by atoms with Crippen molar-refractivity contribution in [3.05, 3.63) is 0 Å². The minimum absolute atomic E-state index is 0.259. The second-order valence-electron chi connectivity index (χ2n) is 21.5. The van der Waals surface area contributed by atoms with Crippen LogP contribution in [0.1, 0.15) is 213 Å². The van der Waals surface area contributed by atoms with E-state index >= 15 is 0 Å². The van der Waals surface area contributed by atoms with E-state index in [9.17, 15) is 61.0 Å². The van der Waals surface area contributed by atoms with Crippen LogP contribution in [-0.2, 0) is 33.2 Å². The van der Waals surface area contributed by atoms with Crippen molar-refractivity contribution in [2.75, 3.05) is 26.4 Å². The highest BCUT2D eigenvalue weighted by atomic mass is 16.8. The lowest BCUT2D eigenvalue weighted by atomic mass is 9.96. The molecule has 3 aliphatic rings. The Hall–Kier alpha value is -1.21. The first-order valence-electron chi connectivity index (χ1n) is 29.3. The number of hydrogen-bond acceptors (Lipinski definition) is 18. The average molecular weight is 1070 g/mol. The molecule has 74 heavy (non-hydrogen) atoms. The third-order valence-electron chi connectivity index (χ3n) is 15.2. The monoisotopic (exact) mass is 1070 g/mol. The summed E-state index contributed by atoms with van der Waals surface area (Å²) in [5.41, 5.74) is 0. The van der Waals surface area contributed by atoms with Gasteiger partial charge in [-0.25, -0.2) is 0 Å². The van der Waals surface area contributed by atoms with Gasteiger partial charge >= 0.3 is 0 Å². The second kappa shape index (κ2) is 40.0. The molecule has 17 atom stereocenters. The number of carbonyl (C=O) groups is 1. The zero-order valence-electron chi connectivity index (χ0n) is 45.3. The molecule has 0 aromatic heterocycles. The minimum atomic E-state index is -1.97. The number of hydrogen-bond donors (Lipinski definition) is 12. The van der Waals surface area contributed by atoms with Crippen LogP contribution in [0.4, 0.5) is 0 Å². The second-order valence-corrected chi connectivity index (χ2v) is 21.5. The summed E-state index contributed by atoms with van der Waals surface area (Å²) < 4.78 is 34.1. The third-order valence-corrected chi connectivity index (χ3v) is 15.2. The van der Waals surface area contributed by atoms with Crippen LogP contribution in [0.5, 0.6) is 0 Å². The average Bonchev–Trinajstić information content (AvgIpc) is 3.40. The summed E-state index contributed by atoms with van der Waals surface area (Å²) in [6.07, 6.45) is 10.2. The summed E-state index contributed by atoms with van der Waals surface area (Å²) in [6, 6.07) is -0.877. The van der Waals surface area contributed by atoms with Crippen molar-refractivity contribution in [1.82, 2.24) is 5.32 Å². The fourth-order valence-electron chi connectivity index (χ4n) is 10.3. The molecule has 3 saturated heterocycles. The molecule has 0 radical (unpaired) electrons. The van der Waals surface area contributed by atoms with Gasteiger partial charge in [-0.2, -0.15) is 0 Å². The quantitative estimate of drug-likeness (QED) is 0.0376. The fraction of sp³-hybridized carbons (Fsp3) is 0.982. The number of aliphatic hydroxyl groups is 11. The Bertz CT molecular complexity index is 1370. The minimum Gasteiger partial charge on any atom is -0.394 e. The summed E-state index contributed by atoms with van der Waals surface area (Å²) in [4.78, 5) is 13.0. The third kappa shape index (κ3) is 24.4. The van der Waals surface area contributed by atoms with Gasteiger partial charge in [-0.3, -0.25) is 4.79 Å². The van der Waals surface area contributed by atoms with Crippen LogP contribution in [0.15, 0.2) is 0 Å². The zero-order valence-corrected chi connectivity index (χ0v) is 45.3. The lowest BCUT2D eigenvalue weighted by Gasteiger charge is -2.48. The summed E-state index contributed by atoms with van der Waals surface area (Å²) in [5, 5.41) is 120. The first-order chi connectivity index (χ1) is 35.8. The van der Waals surface area contributed by atoms with E-state index in [0.717, 1.165) is 44.9 Å². The maximum absolute atomic E-state index is 13.0. The molecule has 0 aliphatic carbocycles. The molecule has 438 valence electrons.